The summed E-state index contributed by atoms with van der Waals surface area (Å²) < 4.78 is 13.1. The van der Waals surface area contributed by atoms with E-state index in [0.717, 1.165) is 38.3 Å². The van der Waals surface area contributed by atoms with Crippen LogP contribution in [0.15, 0.2) is 54.6 Å². The minimum Gasteiger partial charge on any atom is -0.371 e. The zero-order valence-electron chi connectivity index (χ0n) is 17.4. The first-order chi connectivity index (χ1) is 14.7. The standard InChI is InChI=1S/C24H31FN4O/c25-21-8-10-22(11-9-21)29-15-12-19(18-29)16-26-24(30)27-17-23(28-13-4-5-14-28)20-6-2-1-3-7-20/h1-3,6-11,19,23H,4-5,12-18H2,(H2,26,27,30). The highest BCUT2D eigenvalue weighted by Gasteiger charge is 2.25. The van der Waals surface area contributed by atoms with E-state index in [0.29, 0.717) is 19.0 Å². The minimum absolute atomic E-state index is 0.102. The Morgan fingerprint density at radius 3 is 2.47 bits per heavy atom. The Balaban J connectivity index is 1.24. The molecule has 0 aliphatic carbocycles. The molecular weight excluding hydrogens is 379 g/mol. The Hall–Kier alpha value is -2.60. The molecule has 2 saturated heterocycles. The van der Waals surface area contributed by atoms with Gasteiger partial charge in [0.25, 0.3) is 0 Å². The molecule has 0 aromatic heterocycles. The van der Waals surface area contributed by atoms with Gasteiger partial charge in [0, 0.05) is 31.9 Å². The Bertz CT molecular complexity index is 808. The maximum Gasteiger partial charge on any atom is 0.314 e. The molecule has 0 spiro atoms. The van der Waals surface area contributed by atoms with Gasteiger partial charge in [-0.1, -0.05) is 30.3 Å². The summed E-state index contributed by atoms with van der Waals surface area (Å²) in [6.07, 6.45) is 3.47. The molecule has 2 amide bonds. The summed E-state index contributed by atoms with van der Waals surface area (Å²) in [6.45, 7) is 5.26. The SMILES string of the molecule is O=C(NCC1CCN(c2ccc(F)cc2)C1)NCC(c1ccccc1)N1CCCC1. The van der Waals surface area contributed by atoms with E-state index in [1.165, 1.54) is 30.5 Å². The topological polar surface area (TPSA) is 47.6 Å². The van der Waals surface area contributed by atoms with Gasteiger partial charge in [-0.15, -0.1) is 0 Å². The highest BCUT2D eigenvalue weighted by molar-refractivity contribution is 5.73. The average molecular weight is 411 g/mol. The number of halogens is 1. The lowest BCUT2D eigenvalue weighted by Gasteiger charge is -2.28. The molecule has 2 atom stereocenters. The number of carbonyl (C=O) groups excluding carboxylic acids is 1. The van der Waals surface area contributed by atoms with E-state index in [2.05, 4.69) is 44.7 Å². The molecule has 2 unspecified atom stereocenters. The molecule has 2 aliphatic heterocycles. The predicted octanol–water partition coefficient (Wildman–Crippen LogP) is 3.79. The summed E-state index contributed by atoms with van der Waals surface area (Å²) in [7, 11) is 0. The number of amides is 2. The van der Waals surface area contributed by atoms with Gasteiger partial charge in [-0.25, -0.2) is 9.18 Å². The third-order valence-corrected chi connectivity index (χ3v) is 6.25. The Morgan fingerprint density at radius 2 is 1.73 bits per heavy atom. The molecule has 2 N–H and O–H groups in total. The van der Waals surface area contributed by atoms with Crippen molar-refractivity contribution < 1.29 is 9.18 Å². The second kappa shape index (κ2) is 9.94. The highest BCUT2D eigenvalue weighted by Crippen LogP contribution is 2.25. The number of nitrogens with one attached hydrogen (secondary N) is 2. The molecule has 160 valence electrons. The van der Waals surface area contributed by atoms with E-state index in [1.54, 1.807) is 0 Å². The van der Waals surface area contributed by atoms with Crippen LogP contribution < -0.4 is 15.5 Å². The maximum absolute atomic E-state index is 13.1. The number of rotatable bonds is 7. The quantitative estimate of drug-likeness (QED) is 0.730. The van der Waals surface area contributed by atoms with Gasteiger partial charge in [-0.3, -0.25) is 4.90 Å². The van der Waals surface area contributed by atoms with Gasteiger partial charge in [0.2, 0.25) is 0 Å². The number of anilines is 1. The van der Waals surface area contributed by atoms with Crippen LogP contribution in [0.5, 0.6) is 0 Å². The van der Waals surface area contributed by atoms with Gasteiger partial charge in [0.1, 0.15) is 5.82 Å². The van der Waals surface area contributed by atoms with Crippen molar-refractivity contribution in [3.63, 3.8) is 0 Å². The van der Waals surface area contributed by atoms with Crippen LogP contribution in [0.3, 0.4) is 0 Å². The van der Waals surface area contributed by atoms with Crippen LogP contribution in [0.25, 0.3) is 0 Å². The highest BCUT2D eigenvalue weighted by atomic mass is 19.1. The van der Waals surface area contributed by atoms with E-state index in [9.17, 15) is 9.18 Å². The van der Waals surface area contributed by atoms with Gasteiger partial charge in [0.15, 0.2) is 0 Å². The van der Waals surface area contributed by atoms with Crippen molar-refractivity contribution in [3.8, 4) is 0 Å². The monoisotopic (exact) mass is 410 g/mol. The fourth-order valence-corrected chi connectivity index (χ4v) is 4.56. The van der Waals surface area contributed by atoms with Crippen LogP contribution >= 0.6 is 0 Å². The lowest BCUT2D eigenvalue weighted by Crippen LogP contribution is -2.43. The molecule has 5 nitrogen and oxygen atoms in total. The first-order valence-corrected chi connectivity index (χ1v) is 11.0. The second-order valence-corrected chi connectivity index (χ2v) is 8.34. The summed E-state index contributed by atoms with van der Waals surface area (Å²) >= 11 is 0. The van der Waals surface area contributed by atoms with Crippen LogP contribution in [0, 0.1) is 11.7 Å². The smallest absolute Gasteiger partial charge is 0.314 e. The third-order valence-electron chi connectivity index (χ3n) is 6.25. The van der Waals surface area contributed by atoms with Gasteiger partial charge < -0.3 is 15.5 Å². The Morgan fingerprint density at radius 1 is 1.00 bits per heavy atom. The summed E-state index contributed by atoms with van der Waals surface area (Å²) in [6, 6.07) is 17.2. The number of carbonyl (C=O) groups is 1. The first kappa shape index (κ1) is 20.7. The van der Waals surface area contributed by atoms with Crippen LogP contribution in [0.2, 0.25) is 0 Å². The summed E-state index contributed by atoms with van der Waals surface area (Å²) in [5.41, 5.74) is 2.30. The van der Waals surface area contributed by atoms with Crippen LogP contribution in [0.4, 0.5) is 14.9 Å². The normalized spacial score (nSPS) is 20.3. The molecule has 4 rings (SSSR count). The molecule has 30 heavy (non-hydrogen) atoms. The average Bonchev–Trinajstić information content (AvgIpc) is 3.46. The number of nitrogens with zero attached hydrogens (tertiary/aromatic N) is 2. The second-order valence-electron chi connectivity index (χ2n) is 8.34. The fraction of sp³-hybridized carbons (Fsp3) is 0.458. The van der Waals surface area contributed by atoms with Crippen LogP contribution in [0.1, 0.15) is 30.9 Å². The van der Waals surface area contributed by atoms with E-state index < -0.39 is 0 Å². The summed E-state index contributed by atoms with van der Waals surface area (Å²) in [5.74, 6) is 0.194. The molecule has 0 saturated carbocycles. The lowest BCUT2D eigenvalue weighted by atomic mass is 10.1. The Labute approximate surface area is 178 Å². The lowest BCUT2D eigenvalue weighted by molar-refractivity contribution is 0.220. The molecule has 2 fully saturated rings. The van der Waals surface area contributed by atoms with Crippen molar-refractivity contribution in [2.75, 3.05) is 44.2 Å². The van der Waals surface area contributed by atoms with Crippen molar-refractivity contribution in [3.05, 3.63) is 66.0 Å². The number of likely N-dealkylation sites (tertiary alicyclic amines) is 1. The van der Waals surface area contributed by atoms with E-state index in [1.807, 2.05) is 18.2 Å². The number of hydrogen-bond acceptors (Lipinski definition) is 3. The Kier molecular flexibility index (Phi) is 6.84. The largest absolute Gasteiger partial charge is 0.371 e. The van der Waals surface area contributed by atoms with Gasteiger partial charge in [-0.2, -0.15) is 0 Å². The molecule has 2 heterocycles. The van der Waals surface area contributed by atoms with Crippen molar-refractivity contribution in [2.45, 2.75) is 25.3 Å². The number of hydrogen-bond donors (Lipinski definition) is 2. The zero-order chi connectivity index (χ0) is 20.8. The zero-order valence-corrected chi connectivity index (χ0v) is 17.4. The van der Waals surface area contributed by atoms with Gasteiger partial charge in [0.05, 0.1) is 6.04 Å². The molecule has 2 aromatic rings. The predicted molar refractivity (Wildman–Crippen MR) is 118 cm³/mol. The molecule has 0 radical (unpaired) electrons. The summed E-state index contributed by atoms with van der Waals surface area (Å²) in [4.78, 5) is 17.2. The summed E-state index contributed by atoms with van der Waals surface area (Å²) in [5, 5.41) is 6.13. The van der Waals surface area contributed by atoms with Crippen molar-refractivity contribution in [1.82, 2.24) is 15.5 Å². The maximum atomic E-state index is 13.1. The fourth-order valence-electron chi connectivity index (χ4n) is 4.56. The van der Waals surface area contributed by atoms with Crippen LogP contribution in [-0.4, -0.2) is 50.2 Å². The van der Waals surface area contributed by atoms with Gasteiger partial charge >= 0.3 is 6.03 Å². The van der Waals surface area contributed by atoms with Crippen molar-refractivity contribution in [1.29, 1.82) is 0 Å². The number of urea groups is 1. The third kappa shape index (κ3) is 5.30. The number of benzene rings is 2. The molecule has 6 heteroatoms. The molecule has 2 aromatic carbocycles. The van der Waals surface area contributed by atoms with E-state index in [4.69, 9.17) is 0 Å². The van der Waals surface area contributed by atoms with E-state index in [-0.39, 0.29) is 17.9 Å². The first-order valence-electron chi connectivity index (χ1n) is 11.0. The van der Waals surface area contributed by atoms with Crippen LogP contribution in [-0.2, 0) is 0 Å². The van der Waals surface area contributed by atoms with E-state index >= 15 is 0 Å². The van der Waals surface area contributed by atoms with Gasteiger partial charge in [-0.05, 0) is 68.1 Å². The molecule has 2 aliphatic rings. The molecule has 0 bridgehead atoms. The minimum atomic E-state index is -0.212. The van der Waals surface area contributed by atoms with Crippen molar-refractivity contribution in [2.24, 2.45) is 5.92 Å². The molecular formula is C24H31FN4O. The van der Waals surface area contributed by atoms with Crippen molar-refractivity contribution >= 4 is 11.7 Å².